The van der Waals surface area contributed by atoms with Crippen LogP contribution in [-0.2, 0) is 17.7 Å². The molecular weight excluding hydrogens is 254 g/mol. The van der Waals surface area contributed by atoms with Gasteiger partial charge >= 0.3 is 0 Å². The lowest BCUT2D eigenvalue weighted by Gasteiger charge is -2.28. The summed E-state index contributed by atoms with van der Waals surface area (Å²) in [6.07, 6.45) is 1.68. The number of rotatable bonds is 2. The first-order chi connectivity index (χ1) is 7.31. The van der Waals surface area contributed by atoms with E-state index in [0.29, 0.717) is 6.10 Å². The lowest BCUT2D eigenvalue weighted by molar-refractivity contribution is 0.226. The lowest BCUT2D eigenvalue weighted by atomic mass is 10.00. The zero-order valence-corrected chi connectivity index (χ0v) is 10.2. The van der Waals surface area contributed by atoms with Gasteiger partial charge < -0.3 is 4.74 Å². The second-order valence-electron chi connectivity index (χ2n) is 4.35. The lowest BCUT2D eigenvalue weighted by Crippen LogP contribution is -2.33. The molecule has 80 valence electrons. The number of fused-ring (bicyclic) bond motifs is 1. The minimum Gasteiger partial charge on any atom is -0.372 e. The smallest absolute Gasteiger partial charge is 0.0936 e. The van der Waals surface area contributed by atoms with Crippen LogP contribution in [0.4, 0.5) is 0 Å². The molecule has 0 aliphatic carbocycles. The van der Waals surface area contributed by atoms with Gasteiger partial charge in [-0.15, -0.1) is 0 Å². The summed E-state index contributed by atoms with van der Waals surface area (Å²) in [6, 6.07) is 6.62. The molecule has 1 fully saturated rings. The van der Waals surface area contributed by atoms with Gasteiger partial charge in [-0.3, -0.25) is 4.90 Å². The Hall–Kier alpha value is -0.380. The highest BCUT2D eigenvalue weighted by Crippen LogP contribution is 2.24. The van der Waals surface area contributed by atoms with Gasteiger partial charge in [0.15, 0.2) is 0 Å². The summed E-state index contributed by atoms with van der Waals surface area (Å²) in [7, 11) is 0. The molecule has 1 saturated heterocycles. The number of ether oxygens (including phenoxy) is 1. The van der Waals surface area contributed by atoms with Crippen molar-refractivity contribution in [3.8, 4) is 0 Å². The van der Waals surface area contributed by atoms with E-state index in [0.717, 1.165) is 19.7 Å². The van der Waals surface area contributed by atoms with E-state index in [1.54, 1.807) is 0 Å². The molecule has 1 aromatic rings. The van der Waals surface area contributed by atoms with Crippen LogP contribution in [0.3, 0.4) is 0 Å². The summed E-state index contributed by atoms with van der Waals surface area (Å²) in [5.74, 6) is 0. The fraction of sp³-hybridized carbons (Fsp3) is 0.500. The Morgan fingerprint density at radius 2 is 2.27 bits per heavy atom. The van der Waals surface area contributed by atoms with E-state index in [2.05, 4.69) is 39.0 Å². The topological polar surface area (TPSA) is 15.8 Å². The SMILES string of the molecule is Brc1ccc2c(c1)CCN(CC1CO1)C2. The molecule has 0 saturated carbocycles. The van der Waals surface area contributed by atoms with E-state index < -0.39 is 0 Å². The highest BCUT2D eigenvalue weighted by molar-refractivity contribution is 9.10. The van der Waals surface area contributed by atoms with Gasteiger partial charge in [-0.2, -0.15) is 0 Å². The van der Waals surface area contributed by atoms with Crippen molar-refractivity contribution < 1.29 is 4.74 Å². The molecule has 2 aliphatic rings. The van der Waals surface area contributed by atoms with Gasteiger partial charge in [0.25, 0.3) is 0 Å². The largest absolute Gasteiger partial charge is 0.372 e. The Morgan fingerprint density at radius 3 is 3.07 bits per heavy atom. The highest BCUT2D eigenvalue weighted by Gasteiger charge is 2.27. The molecule has 2 aliphatic heterocycles. The molecule has 0 spiro atoms. The zero-order valence-electron chi connectivity index (χ0n) is 8.58. The number of nitrogens with zero attached hydrogens (tertiary/aromatic N) is 1. The Bertz CT molecular complexity index is 376. The van der Waals surface area contributed by atoms with Gasteiger partial charge in [0, 0.05) is 24.1 Å². The maximum atomic E-state index is 5.27. The van der Waals surface area contributed by atoms with Crippen LogP contribution in [0.25, 0.3) is 0 Å². The quantitative estimate of drug-likeness (QED) is 0.764. The molecule has 1 aromatic carbocycles. The van der Waals surface area contributed by atoms with Crippen molar-refractivity contribution in [2.45, 2.75) is 19.1 Å². The summed E-state index contributed by atoms with van der Waals surface area (Å²) < 4.78 is 6.46. The van der Waals surface area contributed by atoms with Crippen LogP contribution in [0.2, 0.25) is 0 Å². The Morgan fingerprint density at radius 1 is 1.40 bits per heavy atom. The average molecular weight is 268 g/mol. The van der Waals surface area contributed by atoms with Crippen molar-refractivity contribution in [2.75, 3.05) is 19.7 Å². The number of benzene rings is 1. The van der Waals surface area contributed by atoms with Gasteiger partial charge in [-0.25, -0.2) is 0 Å². The molecule has 0 aromatic heterocycles. The van der Waals surface area contributed by atoms with Crippen LogP contribution >= 0.6 is 15.9 Å². The van der Waals surface area contributed by atoms with Crippen LogP contribution in [0.1, 0.15) is 11.1 Å². The average Bonchev–Trinajstić information content (AvgIpc) is 3.02. The molecule has 0 bridgehead atoms. The second kappa shape index (κ2) is 3.89. The van der Waals surface area contributed by atoms with Gasteiger partial charge in [-0.05, 0) is 29.7 Å². The van der Waals surface area contributed by atoms with Gasteiger partial charge in [0.2, 0.25) is 0 Å². The summed E-state index contributed by atoms with van der Waals surface area (Å²) in [6.45, 7) is 4.32. The standard InChI is InChI=1S/C12H14BrNO/c13-11-2-1-10-6-14(7-12-8-15-12)4-3-9(10)5-11/h1-2,5,12H,3-4,6-8H2. The summed E-state index contributed by atoms with van der Waals surface area (Å²) >= 11 is 3.52. The van der Waals surface area contributed by atoms with E-state index in [1.807, 2.05) is 0 Å². The van der Waals surface area contributed by atoms with Crippen molar-refractivity contribution in [1.29, 1.82) is 0 Å². The summed E-state index contributed by atoms with van der Waals surface area (Å²) in [5.41, 5.74) is 2.97. The molecule has 15 heavy (non-hydrogen) atoms. The molecular formula is C12H14BrNO. The van der Waals surface area contributed by atoms with E-state index in [9.17, 15) is 0 Å². The fourth-order valence-electron chi connectivity index (χ4n) is 2.20. The minimum atomic E-state index is 0.516. The summed E-state index contributed by atoms with van der Waals surface area (Å²) in [5, 5.41) is 0. The van der Waals surface area contributed by atoms with Crippen molar-refractivity contribution in [3.05, 3.63) is 33.8 Å². The van der Waals surface area contributed by atoms with Crippen molar-refractivity contribution in [2.24, 2.45) is 0 Å². The predicted molar refractivity (Wildman–Crippen MR) is 62.9 cm³/mol. The van der Waals surface area contributed by atoms with Crippen molar-refractivity contribution in [3.63, 3.8) is 0 Å². The number of hydrogen-bond acceptors (Lipinski definition) is 2. The Kier molecular flexibility index (Phi) is 2.54. The predicted octanol–water partition coefficient (Wildman–Crippen LogP) is 2.21. The van der Waals surface area contributed by atoms with Crippen LogP contribution in [0.5, 0.6) is 0 Å². The third-order valence-corrected chi connectivity index (χ3v) is 3.62. The maximum absolute atomic E-state index is 5.27. The number of epoxide rings is 1. The van der Waals surface area contributed by atoms with Crippen LogP contribution in [0.15, 0.2) is 22.7 Å². The molecule has 2 nitrogen and oxygen atoms in total. The molecule has 2 heterocycles. The third kappa shape index (κ3) is 2.25. The van der Waals surface area contributed by atoms with Crippen LogP contribution in [0, 0.1) is 0 Å². The van der Waals surface area contributed by atoms with Crippen molar-refractivity contribution >= 4 is 15.9 Å². The monoisotopic (exact) mass is 267 g/mol. The van der Waals surface area contributed by atoms with Gasteiger partial charge in [0.05, 0.1) is 12.7 Å². The normalized spacial score (nSPS) is 25.0. The van der Waals surface area contributed by atoms with Gasteiger partial charge in [-0.1, -0.05) is 22.0 Å². The Balaban J connectivity index is 1.74. The highest BCUT2D eigenvalue weighted by atomic mass is 79.9. The number of hydrogen-bond donors (Lipinski definition) is 0. The summed E-state index contributed by atoms with van der Waals surface area (Å²) in [4.78, 5) is 2.49. The van der Waals surface area contributed by atoms with E-state index in [4.69, 9.17) is 4.74 Å². The number of halogens is 1. The fourth-order valence-corrected chi connectivity index (χ4v) is 2.61. The molecule has 1 atom stereocenters. The molecule has 0 amide bonds. The molecule has 1 unspecified atom stereocenters. The van der Waals surface area contributed by atoms with Crippen LogP contribution in [-0.4, -0.2) is 30.7 Å². The zero-order chi connectivity index (χ0) is 10.3. The molecule has 0 N–H and O–H groups in total. The molecule has 3 rings (SSSR count). The van der Waals surface area contributed by atoms with E-state index in [-0.39, 0.29) is 0 Å². The molecule has 0 radical (unpaired) electrons. The van der Waals surface area contributed by atoms with E-state index >= 15 is 0 Å². The first-order valence-corrected chi connectivity index (χ1v) is 6.22. The van der Waals surface area contributed by atoms with Gasteiger partial charge in [0.1, 0.15) is 0 Å². The maximum Gasteiger partial charge on any atom is 0.0936 e. The molecule has 3 heteroatoms. The Labute approximate surface area is 98.4 Å². The van der Waals surface area contributed by atoms with Crippen molar-refractivity contribution in [1.82, 2.24) is 4.90 Å². The van der Waals surface area contributed by atoms with Crippen LogP contribution < -0.4 is 0 Å². The first-order valence-electron chi connectivity index (χ1n) is 5.42. The first kappa shape index (κ1) is 9.82. The second-order valence-corrected chi connectivity index (χ2v) is 5.27. The third-order valence-electron chi connectivity index (χ3n) is 3.12. The minimum absolute atomic E-state index is 0.516. The van der Waals surface area contributed by atoms with E-state index in [1.165, 1.54) is 28.6 Å².